The molecule has 0 aromatic heterocycles. The van der Waals surface area contributed by atoms with E-state index in [0.717, 1.165) is 24.3 Å². The van der Waals surface area contributed by atoms with Gasteiger partial charge in [-0.2, -0.15) is 0 Å². The maximum absolute atomic E-state index is 12.2. The molecule has 1 heterocycles. The summed E-state index contributed by atoms with van der Waals surface area (Å²) in [6, 6.07) is 8.45. The van der Waals surface area contributed by atoms with Crippen LogP contribution >= 0.6 is 0 Å². The molecule has 2 rings (SSSR count). The van der Waals surface area contributed by atoms with Gasteiger partial charge in [-0.15, -0.1) is 0 Å². The summed E-state index contributed by atoms with van der Waals surface area (Å²) < 4.78 is 5.61. The molecule has 1 N–H and O–H groups in total. The molecule has 1 amide bonds. The Morgan fingerprint density at radius 1 is 1.43 bits per heavy atom. The molecule has 0 bridgehead atoms. The van der Waals surface area contributed by atoms with E-state index in [1.165, 1.54) is 12.8 Å². The molecule has 0 saturated carbocycles. The maximum atomic E-state index is 12.2. The second-order valence-electron chi connectivity index (χ2n) is 5.62. The van der Waals surface area contributed by atoms with Gasteiger partial charge in [-0.1, -0.05) is 18.2 Å². The number of hydrogen-bond donors (Lipinski definition) is 1. The Kier molecular flexibility index (Phi) is 6.05. The van der Waals surface area contributed by atoms with Crippen LogP contribution in [0.2, 0.25) is 0 Å². The van der Waals surface area contributed by atoms with E-state index in [4.69, 9.17) is 4.74 Å². The Labute approximate surface area is 127 Å². The first-order valence-electron chi connectivity index (χ1n) is 7.88. The van der Waals surface area contributed by atoms with E-state index in [0.29, 0.717) is 25.6 Å². The van der Waals surface area contributed by atoms with Gasteiger partial charge in [0.05, 0.1) is 6.61 Å². The molecule has 21 heavy (non-hydrogen) atoms. The van der Waals surface area contributed by atoms with Crippen LogP contribution in [0.15, 0.2) is 24.3 Å². The number of para-hydroxylation sites is 1. The number of amides is 1. The average molecular weight is 290 g/mol. The quantitative estimate of drug-likeness (QED) is 0.839. The van der Waals surface area contributed by atoms with Crippen molar-refractivity contribution in [3.05, 3.63) is 29.8 Å². The summed E-state index contributed by atoms with van der Waals surface area (Å²) >= 11 is 0. The highest BCUT2D eigenvalue weighted by molar-refractivity contribution is 5.76. The molecular weight excluding hydrogens is 264 g/mol. The number of hydrogen-bond acceptors (Lipinski definition) is 3. The Hall–Kier alpha value is -1.55. The largest absolute Gasteiger partial charge is 0.494 e. The predicted octanol–water partition coefficient (Wildman–Crippen LogP) is 2.58. The van der Waals surface area contributed by atoms with Gasteiger partial charge in [-0.25, -0.2) is 0 Å². The molecular formula is C17H26N2O2. The molecule has 1 unspecified atom stereocenters. The van der Waals surface area contributed by atoms with E-state index >= 15 is 0 Å². The van der Waals surface area contributed by atoms with Gasteiger partial charge < -0.3 is 15.0 Å². The smallest absolute Gasteiger partial charge is 0.222 e. The highest BCUT2D eigenvalue weighted by Gasteiger charge is 2.17. The fraction of sp³-hybridized carbons (Fsp3) is 0.588. The van der Waals surface area contributed by atoms with Crippen LogP contribution in [0.5, 0.6) is 5.75 Å². The zero-order valence-corrected chi connectivity index (χ0v) is 13.1. The Morgan fingerprint density at radius 2 is 2.24 bits per heavy atom. The minimum absolute atomic E-state index is 0.204. The Bertz CT molecular complexity index is 456. The van der Waals surface area contributed by atoms with Crippen molar-refractivity contribution in [2.75, 3.05) is 20.2 Å². The van der Waals surface area contributed by atoms with Crippen molar-refractivity contribution in [3.63, 3.8) is 0 Å². The van der Waals surface area contributed by atoms with Crippen molar-refractivity contribution in [1.29, 1.82) is 0 Å². The molecule has 4 nitrogen and oxygen atoms in total. The Balaban J connectivity index is 1.85. The molecule has 1 aromatic rings. The van der Waals surface area contributed by atoms with Gasteiger partial charge >= 0.3 is 0 Å². The van der Waals surface area contributed by atoms with Crippen molar-refractivity contribution in [3.8, 4) is 5.75 Å². The summed E-state index contributed by atoms with van der Waals surface area (Å²) in [6.45, 7) is 4.31. The molecule has 1 atom stereocenters. The molecule has 1 aliphatic heterocycles. The summed E-state index contributed by atoms with van der Waals surface area (Å²) in [5.74, 6) is 1.08. The first-order chi connectivity index (χ1) is 10.2. The van der Waals surface area contributed by atoms with Crippen LogP contribution in [-0.4, -0.2) is 37.0 Å². The van der Waals surface area contributed by atoms with E-state index in [-0.39, 0.29) is 5.91 Å². The molecule has 1 saturated heterocycles. The van der Waals surface area contributed by atoms with Crippen LogP contribution in [0, 0.1) is 0 Å². The molecule has 4 heteroatoms. The molecule has 116 valence electrons. The fourth-order valence-electron chi connectivity index (χ4n) is 2.77. The van der Waals surface area contributed by atoms with Gasteiger partial charge in [0.15, 0.2) is 0 Å². The van der Waals surface area contributed by atoms with Gasteiger partial charge in [0.1, 0.15) is 5.75 Å². The second-order valence-corrected chi connectivity index (χ2v) is 5.62. The summed E-state index contributed by atoms with van der Waals surface area (Å²) in [5.41, 5.74) is 1.06. The summed E-state index contributed by atoms with van der Waals surface area (Å²) in [5, 5.41) is 3.44. The normalized spacial score (nSPS) is 17.7. The third-order valence-corrected chi connectivity index (χ3v) is 3.97. The van der Waals surface area contributed by atoms with E-state index in [2.05, 4.69) is 5.32 Å². The van der Waals surface area contributed by atoms with Crippen molar-refractivity contribution >= 4 is 5.91 Å². The zero-order valence-electron chi connectivity index (χ0n) is 13.1. The van der Waals surface area contributed by atoms with Crippen molar-refractivity contribution in [2.45, 2.75) is 45.2 Å². The lowest BCUT2D eigenvalue weighted by Gasteiger charge is -2.20. The monoisotopic (exact) mass is 290 g/mol. The first-order valence-corrected chi connectivity index (χ1v) is 7.88. The van der Waals surface area contributed by atoms with Crippen LogP contribution in [0.1, 0.15) is 38.2 Å². The molecule has 0 spiro atoms. The van der Waals surface area contributed by atoms with Crippen molar-refractivity contribution in [2.24, 2.45) is 0 Å². The number of rotatable bonds is 7. The van der Waals surface area contributed by atoms with Crippen LogP contribution in [-0.2, 0) is 11.3 Å². The summed E-state index contributed by atoms with van der Waals surface area (Å²) in [4.78, 5) is 14.0. The molecule has 1 aromatic carbocycles. The summed E-state index contributed by atoms with van der Waals surface area (Å²) in [6.07, 6.45) is 3.99. The maximum Gasteiger partial charge on any atom is 0.222 e. The molecule has 0 radical (unpaired) electrons. The second kappa shape index (κ2) is 8.03. The van der Waals surface area contributed by atoms with Crippen molar-refractivity contribution < 1.29 is 9.53 Å². The fourth-order valence-corrected chi connectivity index (χ4v) is 2.77. The lowest BCUT2D eigenvalue weighted by Crippen LogP contribution is -2.29. The SMILES string of the molecule is CCOc1ccccc1CN(C)C(=O)CCC1CCCN1. The van der Waals surface area contributed by atoms with Gasteiger partial charge in [-0.05, 0) is 38.8 Å². The van der Waals surface area contributed by atoms with Crippen LogP contribution in [0.4, 0.5) is 0 Å². The average Bonchev–Trinajstić information content (AvgIpc) is 3.00. The van der Waals surface area contributed by atoms with Crippen LogP contribution in [0.25, 0.3) is 0 Å². The number of carbonyl (C=O) groups is 1. The van der Waals surface area contributed by atoms with E-state index < -0.39 is 0 Å². The minimum atomic E-state index is 0.204. The zero-order chi connectivity index (χ0) is 15.1. The lowest BCUT2D eigenvalue weighted by atomic mass is 10.1. The minimum Gasteiger partial charge on any atom is -0.494 e. The number of nitrogens with one attached hydrogen (secondary N) is 1. The first kappa shape index (κ1) is 15.8. The van der Waals surface area contributed by atoms with Crippen LogP contribution < -0.4 is 10.1 Å². The number of benzene rings is 1. The summed E-state index contributed by atoms with van der Waals surface area (Å²) in [7, 11) is 1.87. The van der Waals surface area contributed by atoms with Gasteiger partial charge in [0.2, 0.25) is 5.91 Å². The standard InChI is InChI=1S/C17H26N2O2/c1-3-21-16-9-5-4-7-14(16)13-19(2)17(20)11-10-15-8-6-12-18-15/h4-5,7,9,15,18H,3,6,8,10-13H2,1-2H3. The van der Waals surface area contributed by atoms with Crippen molar-refractivity contribution in [1.82, 2.24) is 10.2 Å². The number of ether oxygens (including phenoxy) is 1. The topological polar surface area (TPSA) is 41.6 Å². The third-order valence-electron chi connectivity index (χ3n) is 3.97. The lowest BCUT2D eigenvalue weighted by molar-refractivity contribution is -0.130. The molecule has 1 fully saturated rings. The van der Waals surface area contributed by atoms with Gasteiger partial charge in [-0.3, -0.25) is 4.79 Å². The van der Waals surface area contributed by atoms with Gasteiger partial charge in [0, 0.05) is 31.6 Å². The number of carbonyl (C=O) groups excluding carboxylic acids is 1. The molecule has 1 aliphatic rings. The third kappa shape index (κ3) is 4.74. The van der Waals surface area contributed by atoms with Crippen LogP contribution in [0.3, 0.4) is 0 Å². The highest BCUT2D eigenvalue weighted by atomic mass is 16.5. The molecule has 0 aliphatic carbocycles. The number of nitrogens with zero attached hydrogens (tertiary/aromatic N) is 1. The van der Waals surface area contributed by atoms with E-state index in [1.807, 2.05) is 38.2 Å². The van der Waals surface area contributed by atoms with E-state index in [9.17, 15) is 4.79 Å². The van der Waals surface area contributed by atoms with Gasteiger partial charge in [0.25, 0.3) is 0 Å². The highest BCUT2D eigenvalue weighted by Crippen LogP contribution is 2.20. The predicted molar refractivity (Wildman–Crippen MR) is 84.3 cm³/mol. The Morgan fingerprint density at radius 3 is 2.95 bits per heavy atom. The van der Waals surface area contributed by atoms with E-state index in [1.54, 1.807) is 4.90 Å².